The maximum absolute atomic E-state index is 13.2. The third-order valence-corrected chi connectivity index (χ3v) is 5.77. The zero-order valence-electron chi connectivity index (χ0n) is 16.1. The fourth-order valence-corrected chi connectivity index (χ4v) is 4.07. The summed E-state index contributed by atoms with van der Waals surface area (Å²) in [6.07, 6.45) is 1.74. The Morgan fingerprint density at radius 1 is 1.21 bits per heavy atom. The molecular weight excluding hydrogens is 482 g/mol. The van der Waals surface area contributed by atoms with Gasteiger partial charge in [-0.1, -0.05) is 31.0 Å². The first-order chi connectivity index (χ1) is 12.9. The van der Waals surface area contributed by atoms with Crippen molar-refractivity contribution in [1.82, 2.24) is 10.6 Å². The lowest BCUT2D eigenvalue weighted by Crippen LogP contribution is -2.49. The van der Waals surface area contributed by atoms with Crippen molar-refractivity contribution in [3.05, 3.63) is 35.4 Å². The van der Waals surface area contributed by atoms with Gasteiger partial charge in [-0.05, 0) is 37.3 Å². The maximum atomic E-state index is 13.2. The Balaban J connectivity index is 0.00000280. The topological polar surface area (TPSA) is 45.7 Å². The molecule has 1 aliphatic heterocycles. The SMILES string of the molecule is CN=C(NCC1(c2cccc(C(F)(F)F)c2)CCOCC1)NC1CCCC1.I. The highest BCUT2D eigenvalue weighted by Crippen LogP contribution is 2.37. The average Bonchev–Trinajstić information content (AvgIpc) is 3.18. The molecule has 0 aromatic heterocycles. The van der Waals surface area contributed by atoms with Crippen LogP contribution in [0, 0.1) is 0 Å². The molecule has 0 bridgehead atoms. The average molecular weight is 511 g/mol. The van der Waals surface area contributed by atoms with Gasteiger partial charge in [0.25, 0.3) is 0 Å². The monoisotopic (exact) mass is 511 g/mol. The number of halogens is 4. The van der Waals surface area contributed by atoms with Gasteiger partial charge in [0.2, 0.25) is 0 Å². The molecule has 1 aliphatic carbocycles. The summed E-state index contributed by atoms with van der Waals surface area (Å²) in [5, 5.41) is 6.80. The molecule has 0 radical (unpaired) electrons. The minimum absolute atomic E-state index is 0. The van der Waals surface area contributed by atoms with E-state index < -0.39 is 17.2 Å². The van der Waals surface area contributed by atoms with Crippen LogP contribution in [0.4, 0.5) is 13.2 Å². The summed E-state index contributed by atoms with van der Waals surface area (Å²) in [6, 6.07) is 6.15. The Labute approximate surface area is 181 Å². The number of rotatable bonds is 4. The van der Waals surface area contributed by atoms with Crippen molar-refractivity contribution < 1.29 is 17.9 Å². The Kier molecular flexibility index (Phi) is 8.42. The summed E-state index contributed by atoms with van der Waals surface area (Å²) in [7, 11) is 1.73. The van der Waals surface area contributed by atoms with Gasteiger partial charge in [-0.25, -0.2) is 0 Å². The van der Waals surface area contributed by atoms with Crippen LogP contribution < -0.4 is 10.6 Å². The van der Waals surface area contributed by atoms with Crippen LogP contribution in [0.3, 0.4) is 0 Å². The van der Waals surface area contributed by atoms with E-state index in [-0.39, 0.29) is 24.0 Å². The lowest BCUT2D eigenvalue weighted by molar-refractivity contribution is -0.137. The lowest BCUT2D eigenvalue weighted by atomic mass is 9.73. The van der Waals surface area contributed by atoms with Crippen molar-refractivity contribution >= 4 is 29.9 Å². The smallest absolute Gasteiger partial charge is 0.381 e. The first kappa shape index (κ1) is 23.3. The molecule has 3 rings (SSSR count). The highest BCUT2D eigenvalue weighted by molar-refractivity contribution is 14.0. The first-order valence-electron chi connectivity index (χ1n) is 9.66. The van der Waals surface area contributed by atoms with Gasteiger partial charge in [0, 0.05) is 38.3 Å². The zero-order valence-corrected chi connectivity index (χ0v) is 18.5. The van der Waals surface area contributed by atoms with Gasteiger partial charge < -0.3 is 15.4 Å². The van der Waals surface area contributed by atoms with Crippen LogP contribution in [0.2, 0.25) is 0 Å². The van der Waals surface area contributed by atoms with E-state index in [0.717, 1.165) is 24.9 Å². The third kappa shape index (κ3) is 5.75. The van der Waals surface area contributed by atoms with Crippen LogP contribution in [0.15, 0.2) is 29.3 Å². The standard InChI is InChI=1S/C20H28F3N3O.HI/c1-24-18(26-17-7-2-3-8-17)25-14-19(9-11-27-12-10-19)15-5-4-6-16(13-15)20(21,22)23;/h4-6,13,17H,2-3,7-12,14H2,1H3,(H2,24,25,26);1H. The van der Waals surface area contributed by atoms with Crippen LogP contribution in [0.1, 0.15) is 49.7 Å². The summed E-state index contributed by atoms with van der Waals surface area (Å²) in [4.78, 5) is 4.30. The number of alkyl halides is 3. The summed E-state index contributed by atoms with van der Waals surface area (Å²) in [6.45, 7) is 1.63. The summed E-state index contributed by atoms with van der Waals surface area (Å²) < 4.78 is 45.0. The van der Waals surface area contributed by atoms with E-state index in [1.807, 2.05) is 0 Å². The number of aliphatic imine (C=N–C) groups is 1. The fourth-order valence-electron chi connectivity index (χ4n) is 4.07. The summed E-state index contributed by atoms with van der Waals surface area (Å²) in [5.41, 5.74) is -0.281. The van der Waals surface area contributed by atoms with Crippen molar-refractivity contribution in [1.29, 1.82) is 0 Å². The quantitative estimate of drug-likeness (QED) is 0.356. The van der Waals surface area contributed by atoms with Crippen molar-refractivity contribution in [2.75, 3.05) is 26.8 Å². The van der Waals surface area contributed by atoms with E-state index in [9.17, 15) is 13.2 Å². The molecule has 8 heteroatoms. The van der Waals surface area contributed by atoms with Crippen LogP contribution >= 0.6 is 24.0 Å². The van der Waals surface area contributed by atoms with Gasteiger partial charge in [-0.2, -0.15) is 13.2 Å². The molecule has 1 heterocycles. The van der Waals surface area contributed by atoms with Crippen molar-refractivity contribution in [3.63, 3.8) is 0 Å². The number of nitrogens with one attached hydrogen (secondary N) is 2. The second-order valence-electron chi connectivity index (χ2n) is 7.52. The van der Waals surface area contributed by atoms with E-state index in [2.05, 4.69) is 15.6 Å². The predicted octanol–water partition coefficient (Wildman–Crippen LogP) is 4.48. The van der Waals surface area contributed by atoms with Gasteiger partial charge in [0.15, 0.2) is 5.96 Å². The molecule has 1 aromatic rings. The van der Waals surface area contributed by atoms with Crippen molar-refractivity contribution in [3.8, 4) is 0 Å². The largest absolute Gasteiger partial charge is 0.416 e. The molecule has 0 unspecified atom stereocenters. The minimum Gasteiger partial charge on any atom is -0.381 e. The molecule has 1 saturated heterocycles. The summed E-state index contributed by atoms with van der Waals surface area (Å²) in [5.74, 6) is 0.722. The molecule has 0 spiro atoms. The molecule has 28 heavy (non-hydrogen) atoms. The molecule has 4 nitrogen and oxygen atoms in total. The maximum Gasteiger partial charge on any atom is 0.416 e. The van der Waals surface area contributed by atoms with Gasteiger partial charge in [0.05, 0.1) is 5.56 Å². The normalized spacial score (nSPS) is 20.5. The van der Waals surface area contributed by atoms with Crippen LogP contribution in [0.25, 0.3) is 0 Å². The number of hydrogen-bond acceptors (Lipinski definition) is 2. The fraction of sp³-hybridized carbons (Fsp3) is 0.650. The number of hydrogen-bond donors (Lipinski definition) is 2. The Morgan fingerprint density at radius 2 is 1.89 bits per heavy atom. The van der Waals surface area contributed by atoms with Crippen molar-refractivity contribution in [2.45, 2.75) is 56.2 Å². The van der Waals surface area contributed by atoms with E-state index in [1.54, 1.807) is 13.1 Å². The van der Waals surface area contributed by atoms with Crippen molar-refractivity contribution in [2.24, 2.45) is 4.99 Å². The lowest BCUT2D eigenvalue weighted by Gasteiger charge is -2.38. The Morgan fingerprint density at radius 3 is 2.50 bits per heavy atom. The number of benzene rings is 1. The van der Waals surface area contributed by atoms with Gasteiger partial charge in [-0.15, -0.1) is 24.0 Å². The number of nitrogens with zero attached hydrogens (tertiary/aromatic N) is 1. The van der Waals surface area contributed by atoms with Crippen LogP contribution in [0.5, 0.6) is 0 Å². The zero-order chi connectivity index (χ0) is 19.3. The molecule has 0 amide bonds. The molecule has 2 fully saturated rings. The first-order valence-corrected chi connectivity index (χ1v) is 9.66. The van der Waals surface area contributed by atoms with E-state index in [1.165, 1.54) is 25.0 Å². The molecule has 2 N–H and O–H groups in total. The number of ether oxygens (including phenoxy) is 1. The molecule has 158 valence electrons. The second kappa shape index (κ2) is 10.1. The van der Waals surface area contributed by atoms with Gasteiger partial charge in [0.1, 0.15) is 0 Å². The molecule has 1 aromatic carbocycles. The molecule has 1 saturated carbocycles. The Bertz CT molecular complexity index is 654. The number of guanidine groups is 1. The highest BCUT2D eigenvalue weighted by atomic mass is 127. The second-order valence-corrected chi connectivity index (χ2v) is 7.52. The van der Waals surface area contributed by atoms with E-state index in [4.69, 9.17) is 4.74 Å². The minimum atomic E-state index is -4.34. The molecule has 2 aliphatic rings. The van der Waals surface area contributed by atoms with Crippen LogP contribution in [-0.4, -0.2) is 38.8 Å². The summed E-state index contributed by atoms with van der Waals surface area (Å²) >= 11 is 0. The molecular formula is C20H29F3IN3O. The third-order valence-electron chi connectivity index (χ3n) is 5.77. The van der Waals surface area contributed by atoms with E-state index in [0.29, 0.717) is 44.2 Å². The van der Waals surface area contributed by atoms with E-state index >= 15 is 0 Å². The Hall–Kier alpha value is -1.03. The van der Waals surface area contributed by atoms with Gasteiger partial charge in [-0.3, -0.25) is 4.99 Å². The predicted molar refractivity (Wildman–Crippen MR) is 115 cm³/mol. The van der Waals surface area contributed by atoms with Gasteiger partial charge >= 0.3 is 6.18 Å². The molecule has 0 atom stereocenters. The highest BCUT2D eigenvalue weighted by Gasteiger charge is 2.37. The van der Waals surface area contributed by atoms with Crippen LogP contribution in [-0.2, 0) is 16.3 Å².